The van der Waals surface area contributed by atoms with Crippen LogP contribution in [0.2, 0.25) is 0 Å². The molecule has 1 aromatic rings. The van der Waals surface area contributed by atoms with Gasteiger partial charge >= 0.3 is 0 Å². The Hall–Kier alpha value is -1.76. The van der Waals surface area contributed by atoms with Gasteiger partial charge in [-0.15, -0.1) is 0 Å². The monoisotopic (exact) mass is 957 g/mol. The van der Waals surface area contributed by atoms with Crippen LogP contribution in [0, 0.1) is 57.2 Å². The van der Waals surface area contributed by atoms with E-state index in [0.717, 1.165) is 22.8 Å². The van der Waals surface area contributed by atoms with E-state index in [0.29, 0.717) is 87.9 Å². The molecule has 3 spiro atoms. The molecule has 1 amide bonds. The number of ether oxygens (including phenoxy) is 1. The number of hydrogen-bond acceptors (Lipinski definition) is 14. The number of aliphatic hydroxyl groups excluding tert-OH is 5. The summed E-state index contributed by atoms with van der Waals surface area (Å²) in [6.07, 6.45) is 4.46. The second-order valence-electron chi connectivity index (χ2n) is 23.0. The van der Waals surface area contributed by atoms with E-state index in [9.17, 15) is 46.0 Å². The van der Waals surface area contributed by atoms with Crippen LogP contribution in [0.15, 0.2) is 29.8 Å². The molecule has 0 unspecified atom stereocenters. The summed E-state index contributed by atoms with van der Waals surface area (Å²) < 4.78 is 6.34. The molecule has 8 bridgehead atoms. The molecule has 66 heavy (non-hydrogen) atoms. The van der Waals surface area contributed by atoms with Crippen LogP contribution in [0.5, 0.6) is 5.75 Å². The van der Waals surface area contributed by atoms with E-state index in [1.165, 1.54) is 16.9 Å². The van der Waals surface area contributed by atoms with Crippen LogP contribution in [-0.2, 0) is 20.7 Å². The Morgan fingerprint density at radius 2 is 1.73 bits per heavy atom. The lowest BCUT2D eigenvalue weighted by molar-refractivity contribution is -0.231. The highest BCUT2D eigenvalue weighted by atomic mass is 33.1. The average Bonchev–Trinajstić information content (AvgIpc) is 3.94. The molecule has 10 aliphatic rings. The quantitative estimate of drug-likeness (QED) is 0.117. The van der Waals surface area contributed by atoms with Crippen molar-refractivity contribution in [3.63, 3.8) is 0 Å². The van der Waals surface area contributed by atoms with Gasteiger partial charge in [0.2, 0.25) is 5.91 Å². The van der Waals surface area contributed by atoms with Crippen LogP contribution < -0.4 is 4.90 Å². The number of phenolic OH excluding ortho intramolecular Hbond substituents is 1. The highest BCUT2D eigenvalue weighted by Crippen LogP contribution is 2.74. The highest BCUT2D eigenvalue weighted by Gasteiger charge is 2.76. The Kier molecular flexibility index (Phi) is 12.9. The van der Waals surface area contributed by atoms with Gasteiger partial charge in [-0.25, -0.2) is 0 Å². The van der Waals surface area contributed by atoms with Crippen molar-refractivity contribution >= 4 is 39.0 Å². The standard InChI is InChI=1S/C51H75NO12S2/c1-28(2)29(3)41-42(64-41)46(5,61)38-13-16-51(63)36-23-39(57)50-24-40(58)48(62,27-55)26-45(50,4)34(36)12-15-47(38,51)14-11-30-20-32(22-33(56)21-30)52-18-17-49(43(52)59)31(25-54)8-6-9-35(49)37(10-7-19-53)65-66-44(50)60/h20-23,28-29,31,34-35,37-38,40-42,44,53-56,58,60-63H,6-19,24-27H2,1-5H3/t29-,31+,34+,35-,37+,38-,40-,41+,42-,44-,45-,46-,47-,48-,49-,50+,51-/m1/s1. The zero-order chi connectivity index (χ0) is 47.6. The van der Waals surface area contributed by atoms with E-state index in [1.807, 2.05) is 19.9 Å². The summed E-state index contributed by atoms with van der Waals surface area (Å²) in [6.45, 7) is 9.40. The second kappa shape index (κ2) is 17.2. The summed E-state index contributed by atoms with van der Waals surface area (Å²) in [4.78, 5) is 32.6. The number of epoxide rings is 1. The van der Waals surface area contributed by atoms with Gasteiger partial charge in [0, 0.05) is 42.2 Å². The smallest absolute Gasteiger partial charge is 0.233 e. The van der Waals surface area contributed by atoms with Crippen molar-refractivity contribution in [3.05, 3.63) is 35.4 Å². The number of amides is 1. The maximum absolute atomic E-state index is 15.5. The van der Waals surface area contributed by atoms with Gasteiger partial charge in [-0.05, 0) is 161 Å². The molecule has 1 aromatic carbocycles. The Labute approximate surface area is 397 Å². The van der Waals surface area contributed by atoms with Gasteiger partial charge in [-0.1, -0.05) is 55.7 Å². The van der Waals surface area contributed by atoms with E-state index < -0.39 is 80.3 Å². The molecule has 2 saturated heterocycles. The van der Waals surface area contributed by atoms with Crippen LogP contribution in [-0.4, -0.2) is 130 Å². The summed E-state index contributed by atoms with van der Waals surface area (Å²) in [7, 11) is 2.50. The number of anilines is 1. The van der Waals surface area contributed by atoms with Crippen molar-refractivity contribution in [1.29, 1.82) is 0 Å². The summed E-state index contributed by atoms with van der Waals surface area (Å²) in [5.74, 6) is -1.79. The molecule has 5 aliphatic heterocycles. The number of ketones is 1. The van der Waals surface area contributed by atoms with Crippen molar-refractivity contribution < 1.29 is 60.3 Å². The molecule has 13 nitrogen and oxygen atoms in total. The minimum atomic E-state index is -2.00. The number of nitrogens with zero attached hydrogens (tertiary/aromatic N) is 1. The van der Waals surface area contributed by atoms with Gasteiger partial charge in [0.1, 0.15) is 22.9 Å². The van der Waals surface area contributed by atoms with E-state index in [-0.39, 0.29) is 73.2 Å². The van der Waals surface area contributed by atoms with Crippen LogP contribution in [0.4, 0.5) is 5.69 Å². The summed E-state index contributed by atoms with van der Waals surface area (Å²) in [5.41, 5.74) is -9.58. The number of fused-ring (bicyclic) bond motifs is 2. The normalized spacial score (nSPS) is 45.9. The molecule has 17 atom stereocenters. The lowest BCUT2D eigenvalue weighted by Crippen LogP contribution is -2.71. The van der Waals surface area contributed by atoms with Crippen molar-refractivity contribution in [3.8, 4) is 5.75 Å². The number of phenols is 1. The van der Waals surface area contributed by atoms with E-state index in [2.05, 4.69) is 20.8 Å². The first-order valence-corrected chi connectivity index (χ1v) is 27.2. The number of allylic oxidation sites excluding steroid dienone is 1. The molecule has 6 fully saturated rings. The van der Waals surface area contributed by atoms with Crippen LogP contribution >= 0.6 is 21.6 Å². The van der Waals surface area contributed by atoms with Crippen LogP contribution in [0.25, 0.3) is 0 Å². The topological polar surface area (TPSA) is 232 Å². The molecule has 9 N–H and O–H groups in total. The maximum atomic E-state index is 15.5. The molecule has 5 heterocycles. The number of aliphatic hydroxyl groups is 8. The zero-order valence-electron chi connectivity index (χ0n) is 39.4. The number of rotatable bonds is 9. The SMILES string of the molecule is CC(C)[C@@H](C)[C@@H]1O[C@H]1[C@](C)(O)[C@H]1CC[C@@]2(O)C3=CC(=O)[C@]45C[C@@H](O)[C@](O)(CO)C[C@]4(C)[C@H]3CC[C@]12CCc1cc(O)cc(c1)N1CC[C@@]2(C1=O)[C@H](CO)CCC[C@@H]2[C@H](CCCO)SS[C@H]5O. The number of aromatic hydroxyl groups is 1. The van der Waals surface area contributed by atoms with Gasteiger partial charge in [0.05, 0.1) is 40.8 Å². The minimum absolute atomic E-state index is 0.00755. The molecule has 0 aromatic heterocycles. The van der Waals surface area contributed by atoms with Gasteiger partial charge in [0.25, 0.3) is 0 Å². The predicted octanol–water partition coefficient (Wildman–Crippen LogP) is 5.04. The van der Waals surface area contributed by atoms with Crippen molar-refractivity contribution in [2.45, 2.75) is 170 Å². The predicted molar refractivity (Wildman–Crippen MR) is 252 cm³/mol. The largest absolute Gasteiger partial charge is 0.508 e. The van der Waals surface area contributed by atoms with Gasteiger partial charge in [-0.3, -0.25) is 9.59 Å². The summed E-state index contributed by atoms with van der Waals surface area (Å²) >= 11 is 0. The second-order valence-corrected chi connectivity index (χ2v) is 25.6. The molecule has 11 rings (SSSR count). The first-order valence-electron chi connectivity index (χ1n) is 24.9. The van der Waals surface area contributed by atoms with Crippen LogP contribution in [0.3, 0.4) is 0 Å². The third kappa shape index (κ3) is 6.95. The molecular weight excluding hydrogens is 883 g/mol. The van der Waals surface area contributed by atoms with Crippen molar-refractivity contribution in [2.24, 2.45) is 57.2 Å². The van der Waals surface area contributed by atoms with Crippen molar-refractivity contribution in [1.82, 2.24) is 0 Å². The maximum Gasteiger partial charge on any atom is 0.233 e. The van der Waals surface area contributed by atoms with E-state index >= 15 is 9.59 Å². The van der Waals surface area contributed by atoms with E-state index in [1.54, 1.807) is 17.0 Å². The van der Waals surface area contributed by atoms with E-state index in [4.69, 9.17) is 4.74 Å². The molecular formula is C51H75NO12S2. The Bertz CT molecular complexity index is 2090. The lowest BCUT2D eigenvalue weighted by Gasteiger charge is -2.66. The lowest BCUT2D eigenvalue weighted by atomic mass is 9.39. The number of aryl methyl sites for hydroxylation is 1. The number of carbonyl (C=O) groups is 2. The first kappa shape index (κ1) is 49.2. The number of benzene rings is 1. The summed E-state index contributed by atoms with van der Waals surface area (Å²) in [6, 6.07) is 5.25. The van der Waals surface area contributed by atoms with Gasteiger partial charge in [-0.2, -0.15) is 0 Å². The van der Waals surface area contributed by atoms with Gasteiger partial charge in [0.15, 0.2) is 5.78 Å². The fraction of sp³-hybridized carbons (Fsp3) is 0.804. The average molecular weight is 958 g/mol. The fourth-order valence-electron chi connectivity index (χ4n) is 16.1. The summed E-state index contributed by atoms with van der Waals surface area (Å²) in [5, 5.41) is 106. The molecule has 5 aliphatic carbocycles. The third-order valence-corrected chi connectivity index (χ3v) is 23.1. The Morgan fingerprint density at radius 3 is 2.42 bits per heavy atom. The van der Waals surface area contributed by atoms with Crippen LogP contribution in [0.1, 0.15) is 124 Å². The Morgan fingerprint density at radius 1 is 0.970 bits per heavy atom. The zero-order valence-corrected chi connectivity index (χ0v) is 41.0. The van der Waals surface area contributed by atoms with Crippen molar-refractivity contribution in [2.75, 3.05) is 31.3 Å². The third-order valence-electron chi connectivity index (χ3n) is 20.0. The molecule has 15 heteroatoms. The number of carbonyl (C=O) groups excluding carboxylic acids is 2. The molecule has 368 valence electrons. The molecule has 4 saturated carbocycles. The number of hydrogen-bond donors (Lipinski definition) is 9. The Balaban J connectivity index is 1.23. The first-order chi connectivity index (χ1) is 31.2. The molecule has 0 radical (unpaired) electrons. The highest BCUT2D eigenvalue weighted by molar-refractivity contribution is 8.77. The van der Waals surface area contributed by atoms with Gasteiger partial charge < -0.3 is 55.6 Å². The fourth-order valence-corrected chi connectivity index (χ4v) is 19.7. The minimum Gasteiger partial charge on any atom is -0.508 e.